The third kappa shape index (κ3) is 25.1. The topological polar surface area (TPSA) is 63.6 Å². The van der Waals surface area contributed by atoms with Gasteiger partial charge in [-0.1, -0.05) is 96.6 Å². The van der Waals surface area contributed by atoms with Crippen molar-refractivity contribution in [2.75, 3.05) is 0 Å². The van der Waals surface area contributed by atoms with E-state index in [9.17, 15) is 9.59 Å². The van der Waals surface area contributed by atoms with E-state index in [0.717, 1.165) is 57.8 Å². The van der Waals surface area contributed by atoms with Crippen molar-refractivity contribution in [3.63, 3.8) is 0 Å². The molecule has 194 valence electrons. The first-order chi connectivity index (χ1) is 16.1. The predicted octanol–water partition coefficient (Wildman–Crippen LogP) is 9.16. The summed E-state index contributed by atoms with van der Waals surface area (Å²) in [5.74, 6) is -0.744. The van der Waals surface area contributed by atoms with Crippen LogP contribution >= 0.6 is 0 Å². The van der Waals surface area contributed by atoms with E-state index < -0.39 is 5.97 Å². The molecule has 4 heteroatoms. The molecule has 0 aromatic heterocycles. The second kappa shape index (κ2) is 25.3. The van der Waals surface area contributed by atoms with Crippen LogP contribution in [0.15, 0.2) is 12.2 Å². The van der Waals surface area contributed by atoms with E-state index in [2.05, 4.69) is 26.0 Å². The third-order valence-corrected chi connectivity index (χ3v) is 6.24. The predicted molar refractivity (Wildman–Crippen MR) is 140 cm³/mol. The van der Waals surface area contributed by atoms with E-state index in [1.807, 2.05) is 0 Å². The fraction of sp³-hybridized carbons (Fsp3) is 0.862. The Hall–Kier alpha value is -1.32. The molecule has 0 aliphatic heterocycles. The SMILES string of the molecule is CCCC/C=C\CCCCCCCC(=O)OC(CCCCCCC)CCCCCCC(=O)O. The minimum absolute atomic E-state index is 0.0294. The van der Waals surface area contributed by atoms with Crippen LogP contribution in [0.3, 0.4) is 0 Å². The summed E-state index contributed by atoms with van der Waals surface area (Å²) < 4.78 is 5.85. The Morgan fingerprint density at radius 3 is 1.73 bits per heavy atom. The summed E-state index contributed by atoms with van der Waals surface area (Å²) in [7, 11) is 0. The van der Waals surface area contributed by atoms with Gasteiger partial charge in [-0.25, -0.2) is 0 Å². The Labute approximate surface area is 204 Å². The maximum absolute atomic E-state index is 12.4. The number of unbranched alkanes of at least 4 members (excludes halogenated alkanes) is 14. The molecule has 1 N–H and O–H groups in total. The van der Waals surface area contributed by atoms with Gasteiger partial charge in [0.15, 0.2) is 0 Å². The zero-order valence-electron chi connectivity index (χ0n) is 22.0. The van der Waals surface area contributed by atoms with Crippen LogP contribution in [0.5, 0.6) is 0 Å². The van der Waals surface area contributed by atoms with Crippen LogP contribution in [0.4, 0.5) is 0 Å². The lowest BCUT2D eigenvalue weighted by atomic mass is 10.0. The summed E-state index contributed by atoms with van der Waals surface area (Å²) in [4.78, 5) is 23.0. The highest BCUT2D eigenvalue weighted by atomic mass is 16.5. The van der Waals surface area contributed by atoms with Crippen LogP contribution in [0.1, 0.15) is 155 Å². The average molecular weight is 467 g/mol. The molecule has 0 heterocycles. The van der Waals surface area contributed by atoms with Gasteiger partial charge in [0.05, 0.1) is 0 Å². The van der Waals surface area contributed by atoms with Gasteiger partial charge in [0.25, 0.3) is 0 Å². The fourth-order valence-electron chi connectivity index (χ4n) is 4.10. The quantitative estimate of drug-likeness (QED) is 0.0827. The molecular formula is C29H54O4. The number of carbonyl (C=O) groups excluding carboxylic acids is 1. The van der Waals surface area contributed by atoms with Gasteiger partial charge in [0.1, 0.15) is 6.10 Å². The van der Waals surface area contributed by atoms with E-state index >= 15 is 0 Å². The Morgan fingerprint density at radius 1 is 0.636 bits per heavy atom. The number of carboxylic acid groups (broad SMARTS) is 1. The molecule has 0 aromatic rings. The summed E-state index contributed by atoms with van der Waals surface area (Å²) in [6, 6.07) is 0. The van der Waals surface area contributed by atoms with Crippen LogP contribution in [0.2, 0.25) is 0 Å². The number of allylic oxidation sites excluding steroid dienone is 2. The van der Waals surface area contributed by atoms with Gasteiger partial charge in [-0.3, -0.25) is 9.59 Å². The van der Waals surface area contributed by atoms with E-state index in [-0.39, 0.29) is 18.5 Å². The van der Waals surface area contributed by atoms with Gasteiger partial charge < -0.3 is 9.84 Å². The molecule has 0 spiro atoms. The van der Waals surface area contributed by atoms with Crippen molar-refractivity contribution in [3.8, 4) is 0 Å². The van der Waals surface area contributed by atoms with Gasteiger partial charge in [0, 0.05) is 12.8 Å². The first-order valence-corrected chi connectivity index (χ1v) is 14.2. The van der Waals surface area contributed by atoms with Gasteiger partial charge >= 0.3 is 11.9 Å². The second-order valence-electron chi connectivity index (χ2n) is 9.58. The van der Waals surface area contributed by atoms with Gasteiger partial charge in [-0.2, -0.15) is 0 Å². The minimum atomic E-state index is -0.715. The van der Waals surface area contributed by atoms with Gasteiger partial charge in [-0.15, -0.1) is 0 Å². The van der Waals surface area contributed by atoms with Crippen molar-refractivity contribution < 1.29 is 19.4 Å². The van der Waals surface area contributed by atoms with Gasteiger partial charge in [0.2, 0.25) is 0 Å². The molecule has 0 aromatic carbocycles. The van der Waals surface area contributed by atoms with Gasteiger partial charge in [-0.05, 0) is 57.8 Å². The standard InChI is InChI=1S/C29H54O4/c1-3-5-7-9-10-11-12-13-14-16-22-26-29(32)33-27(23-19-15-8-6-4-2)24-20-17-18-21-25-28(30)31/h9-10,27H,3-8,11-26H2,1-2H3,(H,30,31)/b10-9-. The lowest BCUT2D eigenvalue weighted by Crippen LogP contribution is -2.18. The Bertz CT molecular complexity index is 472. The van der Waals surface area contributed by atoms with E-state index in [4.69, 9.17) is 9.84 Å². The third-order valence-electron chi connectivity index (χ3n) is 6.24. The smallest absolute Gasteiger partial charge is 0.306 e. The molecule has 1 atom stereocenters. The molecule has 0 saturated carbocycles. The van der Waals surface area contributed by atoms with Crippen molar-refractivity contribution in [2.45, 2.75) is 161 Å². The van der Waals surface area contributed by atoms with E-state index in [1.54, 1.807) is 0 Å². The number of rotatable bonds is 25. The normalized spacial score (nSPS) is 12.3. The molecule has 0 aliphatic carbocycles. The highest BCUT2D eigenvalue weighted by molar-refractivity contribution is 5.69. The lowest BCUT2D eigenvalue weighted by Gasteiger charge is -2.18. The summed E-state index contributed by atoms with van der Waals surface area (Å²) in [5, 5.41) is 8.73. The molecule has 0 saturated heterocycles. The zero-order valence-corrected chi connectivity index (χ0v) is 22.0. The number of hydrogen-bond donors (Lipinski definition) is 1. The van der Waals surface area contributed by atoms with Crippen LogP contribution in [-0.4, -0.2) is 23.1 Å². The average Bonchev–Trinajstić information content (AvgIpc) is 2.79. The molecule has 0 bridgehead atoms. The molecule has 0 rings (SSSR count). The molecule has 4 nitrogen and oxygen atoms in total. The zero-order chi connectivity index (χ0) is 24.4. The number of hydrogen-bond acceptors (Lipinski definition) is 3. The van der Waals surface area contributed by atoms with Crippen molar-refractivity contribution in [1.29, 1.82) is 0 Å². The molecular weight excluding hydrogens is 412 g/mol. The molecule has 0 amide bonds. The molecule has 0 fully saturated rings. The Kier molecular flexibility index (Phi) is 24.3. The summed E-state index contributed by atoms with van der Waals surface area (Å²) in [6.45, 7) is 4.45. The molecule has 33 heavy (non-hydrogen) atoms. The first kappa shape index (κ1) is 31.7. The fourth-order valence-corrected chi connectivity index (χ4v) is 4.10. The second-order valence-corrected chi connectivity index (χ2v) is 9.58. The Morgan fingerprint density at radius 2 is 1.12 bits per heavy atom. The van der Waals surface area contributed by atoms with Crippen molar-refractivity contribution in [1.82, 2.24) is 0 Å². The Balaban J connectivity index is 3.95. The number of carboxylic acids is 1. The largest absolute Gasteiger partial charge is 0.481 e. The summed E-state index contributed by atoms with van der Waals surface area (Å²) in [6.07, 6.45) is 27.9. The van der Waals surface area contributed by atoms with Crippen molar-refractivity contribution in [2.24, 2.45) is 0 Å². The minimum Gasteiger partial charge on any atom is -0.481 e. The van der Waals surface area contributed by atoms with Crippen LogP contribution < -0.4 is 0 Å². The lowest BCUT2D eigenvalue weighted by molar-refractivity contribution is -0.150. The van der Waals surface area contributed by atoms with E-state index in [1.165, 1.54) is 70.6 Å². The monoisotopic (exact) mass is 466 g/mol. The number of ether oxygens (including phenoxy) is 1. The number of esters is 1. The first-order valence-electron chi connectivity index (χ1n) is 14.2. The summed E-state index contributed by atoms with van der Waals surface area (Å²) >= 11 is 0. The highest BCUT2D eigenvalue weighted by Crippen LogP contribution is 2.18. The van der Waals surface area contributed by atoms with Crippen molar-refractivity contribution >= 4 is 11.9 Å². The van der Waals surface area contributed by atoms with Crippen LogP contribution in [0, 0.1) is 0 Å². The van der Waals surface area contributed by atoms with E-state index in [0.29, 0.717) is 6.42 Å². The molecule has 1 unspecified atom stereocenters. The van der Waals surface area contributed by atoms with Crippen molar-refractivity contribution in [3.05, 3.63) is 12.2 Å². The maximum atomic E-state index is 12.4. The molecule has 0 radical (unpaired) electrons. The highest BCUT2D eigenvalue weighted by Gasteiger charge is 2.14. The summed E-state index contributed by atoms with van der Waals surface area (Å²) in [5.41, 5.74) is 0. The van der Waals surface area contributed by atoms with Crippen LogP contribution in [-0.2, 0) is 14.3 Å². The maximum Gasteiger partial charge on any atom is 0.306 e. The number of aliphatic carboxylic acids is 1. The molecule has 0 aliphatic rings. The number of carbonyl (C=O) groups is 2. The van der Waals surface area contributed by atoms with Crippen LogP contribution in [0.25, 0.3) is 0 Å².